The van der Waals surface area contributed by atoms with Gasteiger partial charge in [0.1, 0.15) is 11.4 Å². The molecule has 37 heavy (non-hydrogen) atoms. The van der Waals surface area contributed by atoms with Crippen LogP contribution in [-0.2, 0) is 0 Å². The van der Waals surface area contributed by atoms with Crippen LogP contribution in [0, 0.1) is 0 Å². The lowest BCUT2D eigenvalue weighted by molar-refractivity contribution is 0.463. The Bertz CT molecular complexity index is 1860. The van der Waals surface area contributed by atoms with E-state index in [9.17, 15) is 0 Å². The van der Waals surface area contributed by atoms with Crippen molar-refractivity contribution in [2.24, 2.45) is 0 Å². The number of nitrogens with zero attached hydrogens (tertiary/aromatic N) is 4. The number of hydrogen-bond acceptors (Lipinski definition) is 4. The van der Waals surface area contributed by atoms with Crippen molar-refractivity contribution in [1.29, 1.82) is 0 Å². The summed E-state index contributed by atoms with van der Waals surface area (Å²) in [5, 5.41) is 3.48. The molecule has 0 aliphatic carbocycles. The van der Waals surface area contributed by atoms with Gasteiger partial charge in [0, 0.05) is 58.6 Å². The van der Waals surface area contributed by atoms with Crippen LogP contribution in [0.2, 0.25) is 0 Å². The molecule has 7 rings (SSSR count). The number of benzene rings is 4. The molecule has 5 heteroatoms. The Labute approximate surface area is 213 Å². The first-order valence-corrected chi connectivity index (χ1v) is 12.2. The third-order valence-corrected chi connectivity index (χ3v) is 6.55. The van der Waals surface area contributed by atoms with Crippen LogP contribution in [0.1, 0.15) is 0 Å². The maximum absolute atomic E-state index is 6.06. The average molecular weight is 479 g/mol. The third-order valence-electron chi connectivity index (χ3n) is 6.55. The highest BCUT2D eigenvalue weighted by atomic mass is 16.5. The third kappa shape index (κ3) is 3.74. The maximum Gasteiger partial charge on any atom is 0.219 e. The summed E-state index contributed by atoms with van der Waals surface area (Å²) < 4.78 is 8.22. The average Bonchev–Trinajstić information content (AvgIpc) is 3.46. The van der Waals surface area contributed by atoms with Crippen LogP contribution in [0.4, 0.5) is 17.1 Å². The molecule has 0 unspecified atom stereocenters. The van der Waals surface area contributed by atoms with Crippen molar-refractivity contribution in [3.8, 4) is 11.6 Å². The van der Waals surface area contributed by atoms with E-state index in [2.05, 4.69) is 87.1 Å². The molecule has 0 N–H and O–H groups in total. The van der Waals surface area contributed by atoms with E-state index in [0.717, 1.165) is 39.4 Å². The Morgan fingerprint density at radius 2 is 1.38 bits per heavy atom. The van der Waals surface area contributed by atoms with E-state index >= 15 is 0 Å². The summed E-state index contributed by atoms with van der Waals surface area (Å²) in [4.78, 5) is 11.3. The minimum Gasteiger partial charge on any atom is -0.439 e. The van der Waals surface area contributed by atoms with E-state index in [-0.39, 0.29) is 0 Å². The van der Waals surface area contributed by atoms with Crippen LogP contribution in [0.15, 0.2) is 134 Å². The lowest BCUT2D eigenvalue weighted by atomic mass is 10.0. The van der Waals surface area contributed by atoms with E-state index in [4.69, 9.17) is 9.72 Å². The number of imidazole rings is 1. The van der Waals surface area contributed by atoms with Crippen molar-refractivity contribution >= 4 is 44.4 Å². The molecule has 176 valence electrons. The van der Waals surface area contributed by atoms with Crippen molar-refractivity contribution in [1.82, 2.24) is 14.4 Å². The number of fused-ring (bicyclic) bond motifs is 6. The molecule has 3 heterocycles. The van der Waals surface area contributed by atoms with Crippen molar-refractivity contribution in [2.45, 2.75) is 0 Å². The molecular formula is C32H22N4O. The van der Waals surface area contributed by atoms with Crippen molar-refractivity contribution < 1.29 is 4.74 Å². The van der Waals surface area contributed by atoms with Crippen LogP contribution in [-0.4, -0.2) is 14.4 Å². The van der Waals surface area contributed by atoms with Gasteiger partial charge in [-0.25, -0.2) is 9.97 Å². The van der Waals surface area contributed by atoms with E-state index in [0.29, 0.717) is 5.88 Å². The molecule has 4 aromatic carbocycles. The van der Waals surface area contributed by atoms with E-state index in [1.165, 1.54) is 10.8 Å². The zero-order valence-electron chi connectivity index (χ0n) is 19.9. The summed E-state index contributed by atoms with van der Waals surface area (Å²) in [6.07, 6.45) is 5.61. The molecule has 0 amide bonds. The first kappa shape index (κ1) is 21.1. The first-order valence-electron chi connectivity index (χ1n) is 12.2. The number of anilines is 3. The Kier molecular flexibility index (Phi) is 5.03. The van der Waals surface area contributed by atoms with Gasteiger partial charge in [0.2, 0.25) is 5.88 Å². The highest BCUT2D eigenvalue weighted by Crippen LogP contribution is 2.39. The molecule has 5 nitrogen and oxygen atoms in total. The Balaban J connectivity index is 1.42. The molecule has 0 saturated heterocycles. The molecule has 0 saturated carbocycles. The van der Waals surface area contributed by atoms with Crippen molar-refractivity contribution in [3.63, 3.8) is 0 Å². The maximum atomic E-state index is 6.06. The number of para-hydroxylation sites is 2. The quantitative estimate of drug-likeness (QED) is 0.233. The Morgan fingerprint density at radius 1 is 0.568 bits per heavy atom. The second-order valence-electron chi connectivity index (χ2n) is 8.81. The van der Waals surface area contributed by atoms with Crippen LogP contribution < -0.4 is 9.64 Å². The normalized spacial score (nSPS) is 11.2. The highest BCUT2D eigenvalue weighted by molar-refractivity contribution is 6.12. The van der Waals surface area contributed by atoms with Crippen LogP contribution in [0.3, 0.4) is 0 Å². The lowest BCUT2D eigenvalue weighted by Gasteiger charge is -2.26. The number of ether oxygens (including phenoxy) is 1. The minimum absolute atomic E-state index is 0.560. The van der Waals surface area contributed by atoms with Crippen molar-refractivity contribution in [2.75, 3.05) is 4.90 Å². The highest BCUT2D eigenvalue weighted by Gasteiger charge is 2.16. The fourth-order valence-electron chi connectivity index (χ4n) is 4.94. The summed E-state index contributed by atoms with van der Waals surface area (Å²) in [5.41, 5.74) is 5.16. The van der Waals surface area contributed by atoms with Crippen LogP contribution in [0.25, 0.3) is 27.3 Å². The van der Waals surface area contributed by atoms with E-state index in [1.807, 2.05) is 54.9 Å². The zero-order chi connectivity index (χ0) is 24.6. The van der Waals surface area contributed by atoms with Gasteiger partial charge < -0.3 is 9.64 Å². The molecule has 0 atom stereocenters. The first-order chi connectivity index (χ1) is 18.3. The molecule has 0 aliphatic heterocycles. The SMILES string of the molecule is c1ccc(N(c2cccc(Oc3ccccn3)c2)c2ccc3c4ccccc4n4ccnc4c3c2)cc1. The summed E-state index contributed by atoms with van der Waals surface area (Å²) in [5.74, 6) is 1.28. The van der Waals surface area contributed by atoms with E-state index in [1.54, 1.807) is 6.20 Å². The van der Waals surface area contributed by atoms with Gasteiger partial charge in [0.05, 0.1) is 5.52 Å². The fourth-order valence-corrected chi connectivity index (χ4v) is 4.94. The van der Waals surface area contributed by atoms with Gasteiger partial charge >= 0.3 is 0 Å². The molecule has 7 aromatic rings. The van der Waals surface area contributed by atoms with Crippen LogP contribution >= 0.6 is 0 Å². The summed E-state index contributed by atoms with van der Waals surface area (Å²) >= 11 is 0. The smallest absolute Gasteiger partial charge is 0.219 e. The molecule has 0 aliphatic rings. The molecule has 0 fully saturated rings. The Morgan fingerprint density at radius 3 is 2.27 bits per heavy atom. The predicted molar refractivity (Wildman–Crippen MR) is 149 cm³/mol. The second-order valence-corrected chi connectivity index (χ2v) is 8.81. The predicted octanol–water partition coefficient (Wildman–Crippen LogP) is 8.30. The van der Waals surface area contributed by atoms with Gasteiger partial charge in [-0.15, -0.1) is 0 Å². The number of rotatable bonds is 5. The van der Waals surface area contributed by atoms with Gasteiger partial charge in [-0.1, -0.05) is 54.6 Å². The molecular weight excluding hydrogens is 456 g/mol. The van der Waals surface area contributed by atoms with Gasteiger partial charge in [-0.3, -0.25) is 4.40 Å². The standard InChI is InChI=1S/C32H22N4O/c1-2-9-23(10-3-1)36(24-11-8-12-26(21-24)37-31-15-6-7-18-33-31)25-16-17-27-28-13-4-5-14-30(28)35-20-19-34-32(35)29(27)22-25/h1-22H. The lowest BCUT2D eigenvalue weighted by Crippen LogP contribution is -2.10. The van der Waals surface area contributed by atoms with Crippen LogP contribution in [0.5, 0.6) is 11.6 Å². The summed E-state index contributed by atoms with van der Waals surface area (Å²) in [6.45, 7) is 0. The molecule has 0 bridgehead atoms. The van der Waals surface area contributed by atoms with Gasteiger partial charge in [-0.2, -0.15) is 0 Å². The summed E-state index contributed by atoms with van der Waals surface area (Å²) in [7, 11) is 0. The second kappa shape index (κ2) is 8.81. The minimum atomic E-state index is 0.560. The number of aromatic nitrogens is 3. The van der Waals surface area contributed by atoms with Gasteiger partial charge in [-0.05, 0) is 53.9 Å². The number of hydrogen-bond donors (Lipinski definition) is 0. The Hall–Kier alpha value is -5.16. The van der Waals surface area contributed by atoms with Gasteiger partial charge in [0.15, 0.2) is 0 Å². The van der Waals surface area contributed by atoms with Gasteiger partial charge in [0.25, 0.3) is 0 Å². The molecule has 0 radical (unpaired) electrons. The largest absolute Gasteiger partial charge is 0.439 e. The molecule has 3 aromatic heterocycles. The summed E-state index contributed by atoms with van der Waals surface area (Å²) in [6, 6.07) is 39.2. The molecule has 0 spiro atoms. The fraction of sp³-hybridized carbons (Fsp3) is 0. The number of pyridine rings is 2. The van der Waals surface area contributed by atoms with E-state index < -0.39 is 0 Å². The topological polar surface area (TPSA) is 42.7 Å². The zero-order valence-corrected chi connectivity index (χ0v) is 19.9. The monoisotopic (exact) mass is 478 g/mol. The van der Waals surface area contributed by atoms with Crippen molar-refractivity contribution in [3.05, 3.63) is 134 Å².